The van der Waals surface area contributed by atoms with Gasteiger partial charge < -0.3 is 14.4 Å². The molecule has 4 nitrogen and oxygen atoms in total. The van der Waals surface area contributed by atoms with Gasteiger partial charge >= 0.3 is 5.97 Å². The number of carboxylic acid groups (broad SMARTS) is 1. The van der Waals surface area contributed by atoms with Gasteiger partial charge in [0.1, 0.15) is 18.2 Å². The van der Waals surface area contributed by atoms with Crippen LogP contribution in [-0.4, -0.2) is 15.6 Å². The number of hydrogen-bond acceptors (Lipinski definition) is 2. The fourth-order valence-corrected chi connectivity index (χ4v) is 2.83. The summed E-state index contributed by atoms with van der Waals surface area (Å²) < 4.78 is 20.7. The van der Waals surface area contributed by atoms with Crippen molar-refractivity contribution in [2.45, 2.75) is 20.1 Å². The molecule has 0 atom stereocenters. The highest BCUT2D eigenvalue weighted by Gasteiger charge is 2.12. The fraction of sp³-hybridized carbons (Fsp3) is 0.150. The highest BCUT2D eigenvalue weighted by molar-refractivity contribution is 6.30. The second-order valence-electron chi connectivity index (χ2n) is 5.97. The van der Waals surface area contributed by atoms with E-state index in [0.717, 1.165) is 16.8 Å². The Bertz CT molecular complexity index is 935. The van der Waals surface area contributed by atoms with Gasteiger partial charge in [0.15, 0.2) is 0 Å². The molecule has 0 bridgehead atoms. The maximum Gasteiger partial charge on any atom is 0.337 e. The first-order valence-corrected chi connectivity index (χ1v) is 8.36. The molecule has 2 aromatic carbocycles. The van der Waals surface area contributed by atoms with Crippen LogP contribution in [0.15, 0.2) is 54.7 Å². The second kappa shape index (κ2) is 7.62. The van der Waals surface area contributed by atoms with E-state index in [4.69, 9.17) is 21.4 Å². The predicted octanol–water partition coefficient (Wildman–Crippen LogP) is 4.91. The average molecular weight is 374 g/mol. The maximum absolute atomic E-state index is 13.0. The van der Waals surface area contributed by atoms with Crippen molar-refractivity contribution in [2.75, 3.05) is 0 Å². The summed E-state index contributed by atoms with van der Waals surface area (Å²) >= 11 is 6.11. The first kappa shape index (κ1) is 18.0. The van der Waals surface area contributed by atoms with Gasteiger partial charge in [-0.15, -0.1) is 0 Å². The molecule has 1 aromatic heterocycles. The van der Waals surface area contributed by atoms with Crippen molar-refractivity contribution in [3.8, 4) is 5.75 Å². The van der Waals surface area contributed by atoms with E-state index in [1.54, 1.807) is 42.6 Å². The highest BCUT2D eigenvalue weighted by atomic mass is 35.5. The molecule has 1 heterocycles. The van der Waals surface area contributed by atoms with Crippen molar-refractivity contribution < 1.29 is 19.0 Å². The summed E-state index contributed by atoms with van der Waals surface area (Å²) in [7, 11) is 0. The molecule has 0 spiro atoms. The molecule has 0 saturated heterocycles. The first-order valence-electron chi connectivity index (χ1n) is 7.98. The third-order valence-corrected chi connectivity index (χ3v) is 4.27. The van der Waals surface area contributed by atoms with Gasteiger partial charge in [-0.3, -0.25) is 0 Å². The van der Waals surface area contributed by atoms with Gasteiger partial charge in [0.2, 0.25) is 0 Å². The Morgan fingerprint density at radius 2 is 1.92 bits per heavy atom. The molecule has 26 heavy (non-hydrogen) atoms. The third-order valence-electron chi connectivity index (χ3n) is 4.03. The average Bonchev–Trinajstić information content (AvgIpc) is 2.97. The monoisotopic (exact) mass is 373 g/mol. The SMILES string of the molecule is Cc1cc(C(=O)O)cn1Cc1cc(Cl)ccc1OCc1ccc(F)cc1. The Balaban J connectivity index is 1.81. The molecule has 6 heteroatoms. The number of aromatic carboxylic acids is 1. The number of carboxylic acids is 1. The number of rotatable bonds is 6. The van der Waals surface area contributed by atoms with Crippen LogP contribution in [0.1, 0.15) is 27.2 Å². The van der Waals surface area contributed by atoms with Crippen LogP contribution in [0.2, 0.25) is 5.02 Å². The zero-order valence-electron chi connectivity index (χ0n) is 14.1. The maximum atomic E-state index is 13.0. The number of halogens is 2. The third kappa shape index (κ3) is 4.24. The summed E-state index contributed by atoms with van der Waals surface area (Å²) in [6.45, 7) is 2.56. The normalized spacial score (nSPS) is 10.7. The van der Waals surface area contributed by atoms with E-state index < -0.39 is 5.97 Å². The Morgan fingerprint density at radius 3 is 2.58 bits per heavy atom. The molecule has 0 aliphatic carbocycles. The lowest BCUT2D eigenvalue weighted by Crippen LogP contribution is -2.04. The van der Waals surface area contributed by atoms with E-state index in [0.29, 0.717) is 23.9 Å². The van der Waals surface area contributed by atoms with Crippen molar-refractivity contribution in [2.24, 2.45) is 0 Å². The summed E-state index contributed by atoms with van der Waals surface area (Å²) in [6.07, 6.45) is 1.59. The number of benzene rings is 2. The van der Waals surface area contributed by atoms with Gasteiger partial charge in [0, 0.05) is 22.5 Å². The minimum absolute atomic E-state index is 0.235. The van der Waals surface area contributed by atoms with Gasteiger partial charge in [-0.25, -0.2) is 9.18 Å². The molecule has 0 aliphatic rings. The molecule has 0 fully saturated rings. The lowest BCUT2D eigenvalue weighted by Gasteiger charge is -2.14. The number of hydrogen-bond donors (Lipinski definition) is 1. The van der Waals surface area contributed by atoms with Crippen molar-refractivity contribution in [3.63, 3.8) is 0 Å². The second-order valence-corrected chi connectivity index (χ2v) is 6.41. The van der Waals surface area contributed by atoms with Crippen LogP contribution in [0.5, 0.6) is 5.75 Å². The highest BCUT2D eigenvalue weighted by Crippen LogP contribution is 2.26. The number of ether oxygens (including phenoxy) is 1. The van der Waals surface area contributed by atoms with Crippen LogP contribution >= 0.6 is 11.6 Å². The number of aryl methyl sites for hydroxylation is 1. The predicted molar refractivity (Wildman–Crippen MR) is 97.4 cm³/mol. The van der Waals surface area contributed by atoms with E-state index in [-0.39, 0.29) is 11.4 Å². The van der Waals surface area contributed by atoms with Gasteiger partial charge in [-0.2, -0.15) is 0 Å². The molecule has 0 saturated carbocycles. The Morgan fingerprint density at radius 1 is 1.19 bits per heavy atom. The zero-order valence-corrected chi connectivity index (χ0v) is 14.8. The molecular formula is C20H17ClFNO3. The number of nitrogens with zero attached hydrogens (tertiary/aromatic N) is 1. The lowest BCUT2D eigenvalue weighted by molar-refractivity contribution is 0.0697. The molecule has 3 rings (SSSR count). The summed E-state index contributed by atoms with van der Waals surface area (Å²) in [5.74, 6) is -0.618. The molecular weight excluding hydrogens is 357 g/mol. The van der Waals surface area contributed by atoms with Crippen LogP contribution in [-0.2, 0) is 13.2 Å². The van der Waals surface area contributed by atoms with Crippen LogP contribution < -0.4 is 4.74 Å². The minimum Gasteiger partial charge on any atom is -0.489 e. The molecule has 0 radical (unpaired) electrons. The molecule has 0 aliphatic heterocycles. The Labute approximate surface area is 155 Å². The molecule has 3 aromatic rings. The van der Waals surface area contributed by atoms with E-state index in [9.17, 15) is 9.18 Å². The van der Waals surface area contributed by atoms with E-state index >= 15 is 0 Å². The quantitative estimate of drug-likeness (QED) is 0.667. The fourth-order valence-electron chi connectivity index (χ4n) is 2.64. The first-order chi connectivity index (χ1) is 12.4. The summed E-state index contributed by atoms with van der Waals surface area (Å²) in [4.78, 5) is 11.1. The van der Waals surface area contributed by atoms with Gasteiger partial charge in [0.25, 0.3) is 0 Å². The van der Waals surface area contributed by atoms with E-state index in [1.807, 2.05) is 11.5 Å². The lowest BCUT2D eigenvalue weighted by atomic mass is 10.2. The summed E-state index contributed by atoms with van der Waals surface area (Å²) in [6, 6.07) is 13.0. The smallest absolute Gasteiger partial charge is 0.337 e. The molecule has 1 N–H and O–H groups in total. The standard InChI is InChI=1S/C20H17ClFNO3/c1-13-8-16(20(24)25)11-23(13)10-15-9-17(21)4-7-19(15)26-12-14-2-5-18(22)6-3-14/h2-9,11H,10,12H2,1H3,(H,24,25). The van der Waals surface area contributed by atoms with Crippen molar-refractivity contribution in [1.82, 2.24) is 4.57 Å². The zero-order chi connectivity index (χ0) is 18.7. The van der Waals surface area contributed by atoms with Crippen molar-refractivity contribution >= 4 is 17.6 Å². The number of carbonyl (C=O) groups is 1. The Hall–Kier alpha value is -2.79. The van der Waals surface area contributed by atoms with E-state index in [2.05, 4.69) is 0 Å². The largest absolute Gasteiger partial charge is 0.489 e. The van der Waals surface area contributed by atoms with Crippen LogP contribution in [0, 0.1) is 12.7 Å². The molecule has 0 amide bonds. The van der Waals surface area contributed by atoms with E-state index in [1.165, 1.54) is 12.1 Å². The molecule has 0 unspecified atom stereocenters. The topological polar surface area (TPSA) is 51.5 Å². The molecule has 134 valence electrons. The summed E-state index contributed by atoms with van der Waals surface area (Å²) in [5.41, 5.74) is 2.73. The Kier molecular flexibility index (Phi) is 5.28. The van der Waals surface area contributed by atoms with Gasteiger partial charge in [0.05, 0.1) is 12.1 Å². The van der Waals surface area contributed by atoms with Gasteiger partial charge in [-0.05, 0) is 48.9 Å². The van der Waals surface area contributed by atoms with Gasteiger partial charge in [-0.1, -0.05) is 23.7 Å². The van der Waals surface area contributed by atoms with Crippen LogP contribution in [0.4, 0.5) is 4.39 Å². The van der Waals surface area contributed by atoms with Crippen molar-refractivity contribution in [1.29, 1.82) is 0 Å². The number of aromatic nitrogens is 1. The summed E-state index contributed by atoms with van der Waals surface area (Å²) in [5, 5.41) is 9.70. The minimum atomic E-state index is -0.967. The van der Waals surface area contributed by atoms with Crippen molar-refractivity contribution in [3.05, 3.63) is 88.0 Å². The van der Waals surface area contributed by atoms with Crippen LogP contribution in [0.25, 0.3) is 0 Å². The van der Waals surface area contributed by atoms with Crippen LogP contribution in [0.3, 0.4) is 0 Å².